The quantitative estimate of drug-likeness (QED) is 0.816. The molecule has 1 aromatic carbocycles. The maximum Gasteiger partial charge on any atom is 0.335 e. The lowest BCUT2D eigenvalue weighted by Crippen LogP contribution is -2.07. The molecule has 0 amide bonds. The molecule has 2 rings (SSSR count). The number of pyridine rings is 1. The van der Waals surface area contributed by atoms with Gasteiger partial charge in [-0.1, -0.05) is 19.9 Å². The van der Waals surface area contributed by atoms with Crippen LogP contribution in [0.5, 0.6) is 0 Å². The maximum atomic E-state index is 11.0. The Labute approximate surface area is 129 Å². The summed E-state index contributed by atoms with van der Waals surface area (Å²) in [4.78, 5) is 18.7. The van der Waals surface area contributed by atoms with Crippen LogP contribution < -0.4 is 5.32 Å². The number of rotatable bonds is 5. The van der Waals surface area contributed by atoms with Crippen molar-refractivity contribution in [3.8, 4) is 11.3 Å². The fourth-order valence-corrected chi connectivity index (χ4v) is 1.97. The van der Waals surface area contributed by atoms with Crippen LogP contribution in [-0.2, 0) is 0 Å². The molecule has 1 aromatic heterocycles. The summed E-state index contributed by atoms with van der Waals surface area (Å²) in [7, 11) is 0. The summed E-state index contributed by atoms with van der Waals surface area (Å²) < 4.78 is 0. The molecule has 0 bridgehead atoms. The van der Waals surface area contributed by atoms with Crippen molar-refractivity contribution in [3.05, 3.63) is 53.5 Å². The summed E-state index contributed by atoms with van der Waals surface area (Å²) in [5.74, 6) is -0.517. The molecule has 22 heavy (non-hydrogen) atoms. The molecule has 0 saturated heterocycles. The molecular formula is C17H17N3O2. The van der Waals surface area contributed by atoms with Crippen molar-refractivity contribution in [2.45, 2.75) is 13.8 Å². The number of carboxylic acid groups (broad SMARTS) is 1. The summed E-state index contributed by atoms with van der Waals surface area (Å²) in [6.07, 6.45) is 1.46. The Hall–Kier alpha value is -2.87. The number of benzene rings is 1. The van der Waals surface area contributed by atoms with Gasteiger partial charge in [0.05, 0.1) is 17.8 Å². The highest BCUT2D eigenvalue weighted by atomic mass is 16.4. The topological polar surface area (TPSA) is 66.6 Å². The van der Waals surface area contributed by atoms with E-state index in [0.29, 0.717) is 17.3 Å². The minimum atomic E-state index is -0.996. The summed E-state index contributed by atoms with van der Waals surface area (Å²) >= 11 is 0. The average Bonchev–Trinajstić information content (AvgIpc) is 2.52. The van der Waals surface area contributed by atoms with Crippen molar-refractivity contribution in [2.24, 2.45) is 5.92 Å². The summed E-state index contributed by atoms with van der Waals surface area (Å²) in [5.41, 5.74) is 2.73. The molecule has 0 aliphatic rings. The highest BCUT2D eigenvalue weighted by molar-refractivity contribution is 5.89. The van der Waals surface area contributed by atoms with Crippen molar-refractivity contribution in [3.63, 3.8) is 0 Å². The predicted molar refractivity (Wildman–Crippen MR) is 86.2 cm³/mol. The van der Waals surface area contributed by atoms with Gasteiger partial charge in [-0.2, -0.15) is 0 Å². The van der Waals surface area contributed by atoms with Crippen molar-refractivity contribution in [1.29, 1.82) is 0 Å². The highest BCUT2D eigenvalue weighted by Crippen LogP contribution is 2.30. The SMILES string of the molecule is [C-]#[N+]c1cc(-c2cc(C(=O)O)ccn2)ccc1NCC(C)C. The van der Waals surface area contributed by atoms with Gasteiger partial charge in [0.25, 0.3) is 0 Å². The summed E-state index contributed by atoms with van der Waals surface area (Å²) in [5, 5.41) is 12.3. The van der Waals surface area contributed by atoms with Crippen LogP contribution in [0.2, 0.25) is 0 Å². The molecule has 0 aliphatic carbocycles. The summed E-state index contributed by atoms with van der Waals surface area (Å²) in [6.45, 7) is 12.3. The maximum absolute atomic E-state index is 11.0. The molecule has 2 aromatic rings. The second-order valence-electron chi connectivity index (χ2n) is 5.35. The molecular weight excluding hydrogens is 278 g/mol. The monoisotopic (exact) mass is 295 g/mol. The molecule has 112 valence electrons. The van der Waals surface area contributed by atoms with E-state index in [-0.39, 0.29) is 5.56 Å². The zero-order chi connectivity index (χ0) is 16.1. The lowest BCUT2D eigenvalue weighted by Gasteiger charge is -2.12. The van der Waals surface area contributed by atoms with E-state index >= 15 is 0 Å². The minimum Gasteiger partial charge on any atom is -0.478 e. The van der Waals surface area contributed by atoms with Gasteiger partial charge in [0.15, 0.2) is 0 Å². The number of hydrogen-bond donors (Lipinski definition) is 2. The molecule has 0 aliphatic heterocycles. The fraction of sp³-hybridized carbons (Fsp3) is 0.235. The van der Waals surface area contributed by atoms with Crippen LogP contribution in [0.4, 0.5) is 11.4 Å². The molecule has 0 radical (unpaired) electrons. The third-order valence-corrected chi connectivity index (χ3v) is 3.12. The van der Waals surface area contributed by atoms with Gasteiger partial charge in [0.2, 0.25) is 5.69 Å². The number of carbonyl (C=O) groups is 1. The summed E-state index contributed by atoms with van der Waals surface area (Å²) in [6, 6.07) is 8.35. The Morgan fingerprint density at radius 3 is 2.77 bits per heavy atom. The highest BCUT2D eigenvalue weighted by Gasteiger charge is 2.09. The van der Waals surface area contributed by atoms with Crippen LogP contribution in [0, 0.1) is 12.5 Å². The van der Waals surface area contributed by atoms with Crippen LogP contribution in [0.1, 0.15) is 24.2 Å². The van der Waals surface area contributed by atoms with Crippen LogP contribution >= 0.6 is 0 Å². The number of anilines is 1. The molecule has 0 unspecified atom stereocenters. The van der Waals surface area contributed by atoms with Crippen LogP contribution in [0.3, 0.4) is 0 Å². The third kappa shape index (κ3) is 3.61. The molecule has 2 N–H and O–H groups in total. The van der Waals surface area contributed by atoms with Crippen LogP contribution in [-0.4, -0.2) is 22.6 Å². The molecule has 5 nitrogen and oxygen atoms in total. The Morgan fingerprint density at radius 1 is 1.36 bits per heavy atom. The molecule has 1 heterocycles. The van der Waals surface area contributed by atoms with Crippen molar-refractivity contribution < 1.29 is 9.90 Å². The van der Waals surface area contributed by atoms with Crippen molar-refractivity contribution >= 4 is 17.3 Å². The first-order valence-electron chi connectivity index (χ1n) is 6.96. The fourth-order valence-electron chi connectivity index (χ4n) is 1.97. The van der Waals surface area contributed by atoms with E-state index in [0.717, 1.165) is 17.8 Å². The Morgan fingerprint density at radius 2 is 2.14 bits per heavy atom. The van der Waals surface area contributed by atoms with E-state index in [1.54, 1.807) is 6.07 Å². The number of nitrogens with zero attached hydrogens (tertiary/aromatic N) is 2. The van der Waals surface area contributed by atoms with Gasteiger partial charge in [-0.15, -0.1) is 0 Å². The standard InChI is InChI=1S/C17H17N3O2/c1-11(2)10-20-14-5-4-12(8-16(14)18-3)15-9-13(17(21)22)6-7-19-15/h4-9,11,20H,10H2,1-2H3,(H,21,22). The molecule has 0 spiro atoms. The van der Waals surface area contributed by atoms with Crippen molar-refractivity contribution in [2.75, 3.05) is 11.9 Å². The first-order valence-corrected chi connectivity index (χ1v) is 6.96. The number of hydrogen-bond acceptors (Lipinski definition) is 3. The van der Waals surface area contributed by atoms with E-state index in [9.17, 15) is 4.79 Å². The number of aromatic nitrogens is 1. The van der Waals surface area contributed by atoms with Gasteiger partial charge in [-0.25, -0.2) is 9.64 Å². The van der Waals surface area contributed by atoms with Gasteiger partial charge in [0, 0.05) is 18.4 Å². The van der Waals surface area contributed by atoms with E-state index < -0.39 is 5.97 Å². The average molecular weight is 295 g/mol. The predicted octanol–water partition coefficient (Wildman–Crippen LogP) is 4.07. The second kappa shape index (κ2) is 6.72. The van der Waals surface area contributed by atoms with E-state index in [4.69, 9.17) is 11.7 Å². The van der Waals surface area contributed by atoms with E-state index in [2.05, 4.69) is 29.0 Å². The first kappa shape index (κ1) is 15.5. The van der Waals surface area contributed by atoms with Gasteiger partial charge in [-0.3, -0.25) is 4.98 Å². The molecule has 0 atom stereocenters. The Balaban J connectivity index is 2.35. The Kier molecular flexibility index (Phi) is 4.74. The van der Waals surface area contributed by atoms with Gasteiger partial charge < -0.3 is 10.4 Å². The molecule has 0 saturated carbocycles. The third-order valence-electron chi connectivity index (χ3n) is 3.12. The lowest BCUT2D eigenvalue weighted by molar-refractivity contribution is 0.0697. The van der Waals surface area contributed by atoms with E-state index in [1.807, 2.05) is 12.1 Å². The van der Waals surface area contributed by atoms with Crippen LogP contribution in [0.15, 0.2) is 36.5 Å². The number of nitrogens with one attached hydrogen (secondary N) is 1. The van der Waals surface area contributed by atoms with Crippen LogP contribution in [0.25, 0.3) is 16.1 Å². The number of carboxylic acids is 1. The zero-order valence-electron chi connectivity index (χ0n) is 12.5. The van der Waals surface area contributed by atoms with Gasteiger partial charge in [0.1, 0.15) is 0 Å². The second-order valence-corrected chi connectivity index (χ2v) is 5.35. The van der Waals surface area contributed by atoms with E-state index in [1.165, 1.54) is 18.3 Å². The van der Waals surface area contributed by atoms with Gasteiger partial charge >= 0.3 is 5.97 Å². The minimum absolute atomic E-state index is 0.177. The molecule has 5 heteroatoms. The number of aromatic carboxylic acids is 1. The normalized spacial score (nSPS) is 10.3. The first-order chi connectivity index (χ1) is 10.5. The molecule has 0 fully saturated rings. The van der Waals surface area contributed by atoms with Gasteiger partial charge in [-0.05, 0) is 35.7 Å². The smallest absolute Gasteiger partial charge is 0.335 e. The van der Waals surface area contributed by atoms with Crippen molar-refractivity contribution in [1.82, 2.24) is 4.98 Å². The Bertz CT molecular complexity index is 733. The zero-order valence-corrected chi connectivity index (χ0v) is 12.5. The lowest BCUT2D eigenvalue weighted by atomic mass is 10.1. The largest absolute Gasteiger partial charge is 0.478 e.